The lowest BCUT2D eigenvalue weighted by Gasteiger charge is -2.39. The van der Waals surface area contributed by atoms with E-state index in [0.717, 1.165) is 29.5 Å². The van der Waals surface area contributed by atoms with E-state index in [4.69, 9.17) is 9.47 Å². The third kappa shape index (κ3) is 3.75. The van der Waals surface area contributed by atoms with Crippen molar-refractivity contribution in [3.63, 3.8) is 0 Å². The van der Waals surface area contributed by atoms with E-state index >= 15 is 0 Å². The summed E-state index contributed by atoms with van der Waals surface area (Å²) in [5.74, 6) is 0.566. The van der Waals surface area contributed by atoms with Crippen LogP contribution in [-0.4, -0.2) is 41.2 Å². The number of nitrogens with one attached hydrogen (secondary N) is 1. The SMILES string of the molecule is COc1c(OC(=O)NC2CC3CCC(C2)N3Cc2ccccc2)sc2ccncc12. The summed E-state index contributed by atoms with van der Waals surface area (Å²) < 4.78 is 12.1. The number of ether oxygens (including phenoxy) is 2. The molecule has 30 heavy (non-hydrogen) atoms. The summed E-state index contributed by atoms with van der Waals surface area (Å²) in [6.45, 7) is 0.986. The number of aromatic nitrogens is 1. The van der Waals surface area contributed by atoms with Crippen LogP contribution in [0.15, 0.2) is 48.8 Å². The van der Waals surface area contributed by atoms with E-state index < -0.39 is 6.09 Å². The maximum absolute atomic E-state index is 12.6. The number of nitrogens with zero attached hydrogens (tertiary/aromatic N) is 2. The summed E-state index contributed by atoms with van der Waals surface area (Å²) in [5.41, 5.74) is 1.35. The average molecular weight is 424 g/mol. The van der Waals surface area contributed by atoms with E-state index in [0.29, 0.717) is 22.9 Å². The first-order valence-electron chi connectivity index (χ1n) is 10.4. The Morgan fingerprint density at radius 2 is 1.97 bits per heavy atom. The molecule has 156 valence electrons. The molecule has 2 unspecified atom stereocenters. The van der Waals surface area contributed by atoms with Crippen LogP contribution in [0.4, 0.5) is 4.79 Å². The molecule has 1 amide bonds. The number of piperidine rings is 1. The zero-order valence-electron chi connectivity index (χ0n) is 16.9. The quantitative estimate of drug-likeness (QED) is 0.650. The number of fused-ring (bicyclic) bond motifs is 3. The summed E-state index contributed by atoms with van der Waals surface area (Å²) in [4.78, 5) is 19.4. The lowest BCUT2D eigenvalue weighted by molar-refractivity contribution is 0.107. The van der Waals surface area contributed by atoms with E-state index in [2.05, 4.69) is 45.5 Å². The van der Waals surface area contributed by atoms with Crippen molar-refractivity contribution >= 4 is 27.5 Å². The van der Waals surface area contributed by atoms with Gasteiger partial charge >= 0.3 is 6.09 Å². The van der Waals surface area contributed by atoms with Gasteiger partial charge in [0.2, 0.25) is 5.06 Å². The highest BCUT2D eigenvalue weighted by Gasteiger charge is 2.41. The van der Waals surface area contributed by atoms with Gasteiger partial charge < -0.3 is 14.8 Å². The van der Waals surface area contributed by atoms with E-state index in [-0.39, 0.29) is 6.04 Å². The van der Waals surface area contributed by atoms with Gasteiger partial charge in [0.25, 0.3) is 0 Å². The molecule has 3 aromatic rings. The van der Waals surface area contributed by atoms with Gasteiger partial charge in [-0.3, -0.25) is 9.88 Å². The molecule has 0 aliphatic carbocycles. The minimum atomic E-state index is -0.409. The molecule has 0 spiro atoms. The third-order valence-corrected chi connectivity index (χ3v) is 7.25. The van der Waals surface area contributed by atoms with Gasteiger partial charge in [-0.15, -0.1) is 0 Å². The highest BCUT2D eigenvalue weighted by atomic mass is 32.1. The average Bonchev–Trinajstić information content (AvgIpc) is 3.21. The van der Waals surface area contributed by atoms with E-state index in [1.54, 1.807) is 19.5 Å². The molecule has 1 N–H and O–H groups in total. The van der Waals surface area contributed by atoms with Crippen LogP contribution in [0.25, 0.3) is 10.1 Å². The largest absolute Gasteiger partial charge is 0.491 e. The maximum atomic E-state index is 12.6. The molecular formula is C23H25N3O3S. The van der Waals surface area contributed by atoms with Crippen LogP contribution in [0.3, 0.4) is 0 Å². The smallest absolute Gasteiger partial charge is 0.413 e. The minimum absolute atomic E-state index is 0.143. The lowest BCUT2D eigenvalue weighted by Crippen LogP contribution is -2.50. The Kier molecular flexibility index (Phi) is 5.31. The zero-order chi connectivity index (χ0) is 20.5. The van der Waals surface area contributed by atoms with Gasteiger partial charge in [0, 0.05) is 41.8 Å². The van der Waals surface area contributed by atoms with Gasteiger partial charge in [-0.1, -0.05) is 41.7 Å². The molecule has 2 aliphatic rings. The summed E-state index contributed by atoms with van der Waals surface area (Å²) in [5, 5.41) is 4.43. The number of pyridine rings is 1. The van der Waals surface area contributed by atoms with E-state index in [1.165, 1.54) is 29.7 Å². The molecule has 2 aromatic heterocycles. The zero-order valence-corrected chi connectivity index (χ0v) is 17.7. The first-order valence-corrected chi connectivity index (χ1v) is 11.2. The van der Waals surface area contributed by atoms with Crippen molar-refractivity contribution in [3.05, 3.63) is 54.4 Å². The van der Waals surface area contributed by atoms with Gasteiger partial charge in [0.1, 0.15) is 0 Å². The standard InChI is InChI=1S/C23H25N3O3S/c1-28-21-19-13-24-10-9-20(19)30-22(21)29-23(27)25-16-11-17-7-8-18(12-16)26(17)14-15-5-3-2-4-6-15/h2-6,9-10,13,16-18H,7-8,11-12,14H2,1H3,(H,25,27). The predicted octanol–water partition coefficient (Wildman–Crippen LogP) is 4.59. The number of carbonyl (C=O) groups excluding carboxylic acids is 1. The number of hydrogen-bond acceptors (Lipinski definition) is 6. The van der Waals surface area contributed by atoms with Crippen LogP contribution < -0.4 is 14.8 Å². The lowest BCUT2D eigenvalue weighted by atomic mass is 9.96. The number of carbonyl (C=O) groups is 1. The molecule has 2 atom stereocenters. The first kappa shape index (κ1) is 19.3. The van der Waals surface area contributed by atoms with Crippen molar-refractivity contribution in [2.75, 3.05) is 7.11 Å². The van der Waals surface area contributed by atoms with Gasteiger partial charge in [-0.2, -0.15) is 0 Å². The Balaban J connectivity index is 1.22. The Morgan fingerprint density at radius 1 is 1.20 bits per heavy atom. The van der Waals surface area contributed by atoms with Crippen molar-refractivity contribution < 1.29 is 14.3 Å². The van der Waals surface area contributed by atoms with Crippen LogP contribution in [0.5, 0.6) is 10.8 Å². The summed E-state index contributed by atoms with van der Waals surface area (Å²) in [6.07, 6.45) is 7.37. The van der Waals surface area contributed by atoms with Gasteiger partial charge in [0.05, 0.1) is 12.5 Å². The first-order chi connectivity index (χ1) is 14.7. The maximum Gasteiger partial charge on any atom is 0.413 e. The van der Waals surface area contributed by atoms with Crippen molar-refractivity contribution in [1.29, 1.82) is 0 Å². The molecule has 0 saturated carbocycles. The summed E-state index contributed by atoms with van der Waals surface area (Å²) >= 11 is 1.40. The second-order valence-electron chi connectivity index (χ2n) is 8.04. The number of amides is 1. The van der Waals surface area contributed by atoms with Gasteiger partial charge in [-0.25, -0.2) is 4.79 Å². The summed E-state index contributed by atoms with van der Waals surface area (Å²) in [7, 11) is 1.58. The normalized spacial score (nSPS) is 23.4. The Labute approximate surface area is 179 Å². The predicted molar refractivity (Wildman–Crippen MR) is 117 cm³/mol. The summed E-state index contributed by atoms with van der Waals surface area (Å²) in [6, 6.07) is 13.7. The number of methoxy groups -OCH3 is 1. The Bertz CT molecular complexity index is 1020. The van der Waals surface area contributed by atoms with Crippen LogP contribution in [-0.2, 0) is 6.54 Å². The number of hydrogen-bond donors (Lipinski definition) is 1. The van der Waals surface area contributed by atoms with Crippen LogP contribution >= 0.6 is 11.3 Å². The van der Waals surface area contributed by atoms with Gasteiger partial charge in [-0.05, 0) is 37.3 Å². The van der Waals surface area contributed by atoms with E-state index in [9.17, 15) is 4.79 Å². The van der Waals surface area contributed by atoms with Crippen molar-refractivity contribution in [1.82, 2.24) is 15.2 Å². The van der Waals surface area contributed by atoms with Gasteiger partial charge in [0.15, 0.2) is 5.75 Å². The molecule has 0 radical (unpaired) electrons. The molecule has 6 nitrogen and oxygen atoms in total. The monoisotopic (exact) mass is 423 g/mol. The Morgan fingerprint density at radius 3 is 2.70 bits per heavy atom. The molecule has 1 aromatic carbocycles. The molecular weight excluding hydrogens is 398 g/mol. The number of benzene rings is 1. The highest BCUT2D eigenvalue weighted by molar-refractivity contribution is 7.21. The molecule has 2 bridgehead atoms. The highest BCUT2D eigenvalue weighted by Crippen LogP contribution is 2.43. The molecule has 5 rings (SSSR count). The minimum Gasteiger partial charge on any atom is -0.491 e. The Hall–Kier alpha value is -2.64. The fraction of sp³-hybridized carbons (Fsp3) is 0.391. The fourth-order valence-corrected chi connectivity index (χ4v) is 5.87. The second kappa shape index (κ2) is 8.24. The fourth-order valence-electron chi connectivity index (χ4n) is 4.88. The van der Waals surface area contributed by atoms with Crippen molar-refractivity contribution in [2.45, 2.75) is 50.4 Å². The van der Waals surface area contributed by atoms with Crippen LogP contribution in [0.1, 0.15) is 31.2 Å². The topological polar surface area (TPSA) is 63.7 Å². The van der Waals surface area contributed by atoms with Crippen LogP contribution in [0, 0.1) is 0 Å². The van der Waals surface area contributed by atoms with Crippen LogP contribution in [0.2, 0.25) is 0 Å². The number of thiophene rings is 1. The molecule has 2 saturated heterocycles. The molecule has 2 fully saturated rings. The molecule has 7 heteroatoms. The third-order valence-electron chi connectivity index (χ3n) is 6.22. The van der Waals surface area contributed by atoms with Crippen molar-refractivity contribution in [3.8, 4) is 10.8 Å². The number of rotatable bonds is 5. The second-order valence-corrected chi connectivity index (χ2v) is 9.05. The molecule has 2 aliphatic heterocycles. The van der Waals surface area contributed by atoms with E-state index in [1.807, 2.05) is 6.07 Å². The molecule has 4 heterocycles. The van der Waals surface area contributed by atoms with Crippen molar-refractivity contribution in [2.24, 2.45) is 0 Å².